The van der Waals surface area contributed by atoms with Crippen LogP contribution in [0.3, 0.4) is 0 Å². The molecule has 0 fully saturated rings. The van der Waals surface area contributed by atoms with Crippen LogP contribution >= 0.6 is 11.3 Å². The van der Waals surface area contributed by atoms with Crippen LogP contribution in [0.5, 0.6) is 0 Å². The Morgan fingerprint density at radius 2 is 2.25 bits per heavy atom. The fraction of sp³-hybridized carbons (Fsp3) is 0.500. The second-order valence-electron chi connectivity index (χ2n) is 3.10. The number of hydrogen-bond acceptors (Lipinski definition) is 3. The molecule has 0 aliphatic rings. The summed E-state index contributed by atoms with van der Waals surface area (Å²) >= 11 is 1.27. The first-order chi connectivity index (χ1) is 5.59. The van der Waals surface area contributed by atoms with Gasteiger partial charge in [0, 0.05) is 10.9 Å². The quantitative estimate of drug-likeness (QED) is 0.536. The average molecular weight is 185 g/mol. The Hall–Kier alpha value is -0.900. The van der Waals surface area contributed by atoms with Crippen molar-refractivity contribution in [2.45, 2.75) is 20.3 Å². The van der Waals surface area contributed by atoms with Crippen molar-refractivity contribution in [3.05, 3.63) is 27.1 Å². The Morgan fingerprint density at radius 3 is 2.67 bits per heavy atom. The zero-order valence-electron chi connectivity index (χ0n) is 7.11. The van der Waals surface area contributed by atoms with Gasteiger partial charge in [-0.15, -0.1) is 0 Å². The lowest BCUT2D eigenvalue weighted by Crippen LogP contribution is -1.89. The van der Waals surface area contributed by atoms with Crippen molar-refractivity contribution in [3.63, 3.8) is 0 Å². The van der Waals surface area contributed by atoms with E-state index in [1.165, 1.54) is 11.3 Å². The normalized spacial score (nSPS) is 10.6. The highest BCUT2D eigenvalue weighted by molar-refractivity contribution is 7.15. The minimum absolute atomic E-state index is 0.241. The van der Waals surface area contributed by atoms with Crippen LogP contribution < -0.4 is 0 Å². The van der Waals surface area contributed by atoms with Crippen LogP contribution in [-0.2, 0) is 6.42 Å². The molecule has 0 N–H and O–H groups in total. The van der Waals surface area contributed by atoms with E-state index in [4.69, 9.17) is 0 Å². The summed E-state index contributed by atoms with van der Waals surface area (Å²) in [6.07, 6.45) is 0.929. The molecule has 0 saturated carbocycles. The molecule has 0 bridgehead atoms. The summed E-state index contributed by atoms with van der Waals surface area (Å²) < 4.78 is 0. The third-order valence-corrected chi connectivity index (χ3v) is 2.50. The minimum Gasteiger partial charge on any atom is -0.258 e. The summed E-state index contributed by atoms with van der Waals surface area (Å²) in [5.74, 6) is 0.559. The van der Waals surface area contributed by atoms with Crippen molar-refractivity contribution in [3.8, 4) is 0 Å². The molecule has 1 aromatic heterocycles. The highest BCUT2D eigenvalue weighted by atomic mass is 32.1. The van der Waals surface area contributed by atoms with Crippen molar-refractivity contribution in [1.82, 2.24) is 0 Å². The van der Waals surface area contributed by atoms with Crippen LogP contribution in [0.25, 0.3) is 0 Å². The Kier molecular flexibility index (Phi) is 2.81. The molecule has 0 unspecified atom stereocenters. The molecule has 1 aromatic rings. The van der Waals surface area contributed by atoms with Gasteiger partial charge >= 0.3 is 5.00 Å². The molecule has 0 atom stereocenters. The SMILES string of the molecule is CC(C)Cc1ccc([N+](=O)[O-])s1. The van der Waals surface area contributed by atoms with Gasteiger partial charge in [-0.05, 0) is 18.4 Å². The minimum atomic E-state index is -0.339. The predicted octanol–water partition coefficient (Wildman–Crippen LogP) is 2.85. The first kappa shape index (κ1) is 9.19. The van der Waals surface area contributed by atoms with Gasteiger partial charge in [-0.1, -0.05) is 25.2 Å². The van der Waals surface area contributed by atoms with E-state index in [-0.39, 0.29) is 9.92 Å². The molecule has 1 heterocycles. The van der Waals surface area contributed by atoms with Crippen LogP contribution in [0.2, 0.25) is 0 Å². The highest BCUT2D eigenvalue weighted by Gasteiger charge is 2.09. The van der Waals surface area contributed by atoms with Crippen molar-refractivity contribution in [1.29, 1.82) is 0 Å². The van der Waals surface area contributed by atoms with Crippen molar-refractivity contribution >= 4 is 16.3 Å². The molecule has 0 aliphatic heterocycles. The zero-order chi connectivity index (χ0) is 9.14. The van der Waals surface area contributed by atoms with Crippen molar-refractivity contribution < 1.29 is 4.92 Å². The zero-order valence-corrected chi connectivity index (χ0v) is 7.93. The molecule has 0 amide bonds. The Labute approximate surface area is 75.2 Å². The molecule has 66 valence electrons. The predicted molar refractivity (Wildman–Crippen MR) is 49.5 cm³/mol. The summed E-state index contributed by atoms with van der Waals surface area (Å²) in [6, 6.07) is 3.41. The van der Waals surface area contributed by atoms with Gasteiger partial charge in [0.2, 0.25) is 0 Å². The van der Waals surface area contributed by atoms with E-state index in [0.29, 0.717) is 5.92 Å². The first-order valence-corrected chi connectivity index (χ1v) is 4.64. The van der Waals surface area contributed by atoms with Crippen LogP contribution in [0.15, 0.2) is 12.1 Å². The molecular formula is C8H11NO2S. The lowest BCUT2D eigenvalue weighted by Gasteiger charge is -1.98. The van der Waals surface area contributed by atoms with Crippen LogP contribution in [0.4, 0.5) is 5.00 Å². The smallest absolute Gasteiger partial charge is 0.258 e. The molecule has 3 nitrogen and oxygen atoms in total. The Balaban J connectivity index is 2.71. The van der Waals surface area contributed by atoms with Crippen molar-refractivity contribution in [2.75, 3.05) is 0 Å². The number of thiophene rings is 1. The maximum atomic E-state index is 10.3. The monoisotopic (exact) mass is 185 g/mol. The first-order valence-electron chi connectivity index (χ1n) is 3.82. The average Bonchev–Trinajstić information content (AvgIpc) is 2.34. The number of rotatable bonds is 3. The van der Waals surface area contributed by atoms with E-state index in [1.807, 2.05) is 6.07 Å². The number of hydrogen-bond donors (Lipinski definition) is 0. The van der Waals surface area contributed by atoms with Crippen LogP contribution in [0, 0.1) is 16.0 Å². The topological polar surface area (TPSA) is 43.1 Å². The van der Waals surface area contributed by atoms with Gasteiger partial charge in [-0.25, -0.2) is 0 Å². The van der Waals surface area contributed by atoms with Gasteiger partial charge in [-0.3, -0.25) is 10.1 Å². The highest BCUT2D eigenvalue weighted by Crippen LogP contribution is 2.25. The Bertz CT molecular complexity index is 280. The van der Waals surface area contributed by atoms with E-state index < -0.39 is 0 Å². The fourth-order valence-corrected chi connectivity index (χ4v) is 2.01. The molecule has 0 radical (unpaired) electrons. The molecule has 0 aromatic carbocycles. The Morgan fingerprint density at radius 1 is 1.58 bits per heavy atom. The number of nitrogens with zero attached hydrogens (tertiary/aromatic N) is 1. The number of nitro groups is 1. The third kappa shape index (κ3) is 2.30. The van der Waals surface area contributed by atoms with E-state index in [9.17, 15) is 10.1 Å². The molecule has 12 heavy (non-hydrogen) atoms. The van der Waals surface area contributed by atoms with Gasteiger partial charge < -0.3 is 0 Å². The van der Waals surface area contributed by atoms with Gasteiger partial charge in [0.1, 0.15) is 0 Å². The molecule has 0 spiro atoms. The van der Waals surface area contributed by atoms with E-state index in [1.54, 1.807) is 6.07 Å². The van der Waals surface area contributed by atoms with Gasteiger partial charge in [0.05, 0.1) is 4.92 Å². The fourth-order valence-electron chi connectivity index (χ4n) is 0.977. The van der Waals surface area contributed by atoms with Gasteiger partial charge in [0.25, 0.3) is 0 Å². The summed E-state index contributed by atoms with van der Waals surface area (Å²) in [5, 5.41) is 10.6. The second-order valence-corrected chi connectivity index (χ2v) is 4.24. The second kappa shape index (κ2) is 3.67. The lowest BCUT2D eigenvalue weighted by molar-refractivity contribution is -0.380. The van der Waals surface area contributed by atoms with E-state index in [2.05, 4.69) is 13.8 Å². The molecule has 1 rings (SSSR count). The van der Waals surface area contributed by atoms with E-state index in [0.717, 1.165) is 11.3 Å². The van der Waals surface area contributed by atoms with Crippen LogP contribution in [0.1, 0.15) is 18.7 Å². The standard InChI is InChI=1S/C8H11NO2S/c1-6(2)5-7-3-4-8(12-7)9(10)11/h3-4,6H,5H2,1-2H3. The molecular weight excluding hydrogens is 174 g/mol. The summed E-state index contributed by atoms with van der Waals surface area (Å²) in [4.78, 5) is 11.1. The molecule has 0 saturated heterocycles. The van der Waals surface area contributed by atoms with Gasteiger partial charge in [0.15, 0.2) is 0 Å². The van der Waals surface area contributed by atoms with E-state index >= 15 is 0 Å². The maximum Gasteiger partial charge on any atom is 0.324 e. The largest absolute Gasteiger partial charge is 0.324 e. The van der Waals surface area contributed by atoms with Gasteiger partial charge in [-0.2, -0.15) is 0 Å². The maximum absolute atomic E-state index is 10.3. The molecule has 4 heteroatoms. The summed E-state index contributed by atoms with van der Waals surface area (Å²) in [6.45, 7) is 4.21. The lowest BCUT2D eigenvalue weighted by atomic mass is 10.1. The molecule has 0 aliphatic carbocycles. The van der Waals surface area contributed by atoms with Crippen molar-refractivity contribution in [2.24, 2.45) is 5.92 Å². The van der Waals surface area contributed by atoms with Crippen LogP contribution in [-0.4, -0.2) is 4.92 Å². The third-order valence-electron chi connectivity index (χ3n) is 1.44. The summed E-state index contributed by atoms with van der Waals surface area (Å²) in [7, 11) is 0. The summed E-state index contributed by atoms with van der Waals surface area (Å²) in [5.41, 5.74) is 0.